The Kier molecular flexibility index (Phi) is 4.02. The molecule has 0 heterocycles. The van der Waals surface area contributed by atoms with Gasteiger partial charge >= 0.3 is 0 Å². The van der Waals surface area contributed by atoms with Crippen molar-refractivity contribution in [3.05, 3.63) is 64.5 Å². The van der Waals surface area contributed by atoms with Crippen molar-refractivity contribution in [1.29, 1.82) is 0 Å². The number of aryl methyl sites for hydroxylation is 2. The zero-order valence-electron chi connectivity index (χ0n) is 11.6. The van der Waals surface area contributed by atoms with Crippen LogP contribution >= 0.6 is 0 Å². The van der Waals surface area contributed by atoms with E-state index in [1.165, 1.54) is 0 Å². The van der Waals surface area contributed by atoms with Gasteiger partial charge in [-0.3, -0.25) is 0 Å². The average molecular weight is 279 g/mol. The quantitative estimate of drug-likeness (QED) is 0.788. The number of hydrogen-bond donors (Lipinski definition) is 1. The zero-order valence-corrected chi connectivity index (χ0v) is 11.6. The Morgan fingerprint density at radius 2 is 1.55 bits per heavy atom. The van der Waals surface area contributed by atoms with Crippen molar-refractivity contribution in [2.45, 2.75) is 26.8 Å². The highest BCUT2D eigenvalue weighted by Crippen LogP contribution is 2.26. The molecule has 1 atom stereocenters. The third-order valence-corrected chi connectivity index (χ3v) is 3.28. The Morgan fingerprint density at radius 3 is 2.25 bits per heavy atom. The molecule has 0 aromatic heterocycles. The molecule has 0 saturated carbocycles. The molecule has 20 heavy (non-hydrogen) atoms. The van der Waals surface area contributed by atoms with E-state index in [-0.39, 0.29) is 11.7 Å². The lowest BCUT2D eigenvalue weighted by atomic mass is 10.00. The third-order valence-electron chi connectivity index (χ3n) is 3.28. The molecule has 0 saturated heterocycles. The van der Waals surface area contributed by atoms with E-state index in [2.05, 4.69) is 5.32 Å². The maximum absolute atomic E-state index is 13.6. The molecular formula is C16H16F3N. The van der Waals surface area contributed by atoms with Crippen LogP contribution in [0.25, 0.3) is 0 Å². The normalized spacial score (nSPS) is 12.3. The molecular weight excluding hydrogens is 263 g/mol. The van der Waals surface area contributed by atoms with Gasteiger partial charge in [0, 0.05) is 18.2 Å². The molecule has 0 aliphatic heterocycles. The molecule has 0 radical (unpaired) electrons. The Labute approximate surface area is 116 Å². The molecule has 0 amide bonds. The van der Waals surface area contributed by atoms with Crippen LogP contribution in [0, 0.1) is 31.3 Å². The first kappa shape index (κ1) is 14.4. The highest BCUT2D eigenvalue weighted by atomic mass is 19.2. The number of benzene rings is 2. The second-order valence-electron chi connectivity index (χ2n) is 4.97. The van der Waals surface area contributed by atoms with Gasteiger partial charge in [0.15, 0.2) is 11.6 Å². The smallest absolute Gasteiger partial charge is 0.161 e. The zero-order chi connectivity index (χ0) is 14.9. The minimum absolute atomic E-state index is 0.0442. The van der Waals surface area contributed by atoms with Gasteiger partial charge in [0.2, 0.25) is 0 Å². The first-order valence-corrected chi connectivity index (χ1v) is 6.36. The summed E-state index contributed by atoms with van der Waals surface area (Å²) in [5, 5.41) is 2.88. The van der Waals surface area contributed by atoms with E-state index in [1.54, 1.807) is 0 Å². The fourth-order valence-electron chi connectivity index (χ4n) is 2.17. The SMILES string of the molecule is Cc1ccc(C)c(C(C)Nc2cc(F)c(F)cc2F)c1. The largest absolute Gasteiger partial charge is 0.376 e. The number of nitrogens with one attached hydrogen (secondary N) is 1. The van der Waals surface area contributed by atoms with Crippen molar-refractivity contribution in [3.8, 4) is 0 Å². The maximum Gasteiger partial charge on any atom is 0.161 e. The molecule has 2 rings (SSSR count). The van der Waals surface area contributed by atoms with E-state index in [0.29, 0.717) is 6.07 Å². The fourth-order valence-corrected chi connectivity index (χ4v) is 2.17. The van der Waals surface area contributed by atoms with Gasteiger partial charge in [0.05, 0.1) is 5.69 Å². The van der Waals surface area contributed by atoms with Gasteiger partial charge < -0.3 is 5.32 Å². The molecule has 0 aliphatic rings. The van der Waals surface area contributed by atoms with E-state index < -0.39 is 17.5 Å². The van der Waals surface area contributed by atoms with Crippen LogP contribution in [0.5, 0.6) is 0 Å². The molecule has 1 N–H and O–H groups in total. The van der Waals surface area contributed by atoms with Crippen LogP contribution in [0.1, 0.15) is 29.7 Å². The summed E-state index contributed by atoms with van der Waals surface area (Å²) < 4.78 is 39.7. The second-order valence-corrected chi connectivity index (χ2v) is 4.97. The monoisotopic (exact) mass is 279 g/mol. The van der Waals surface area contributed by atoms with Gasteiger partial charge in [0.1, 0.15) is 5.82 Å². The molecule has 0 spiro atoms. The average Bonchev–Trinajstić information content (AvgIpc) is 2.38. The van der Waals surface area contributed by atoms with E-state index in [4.69, 9.17) is 0 Å². The van der Waals surface area contributed by atoms with Crippen LogP contribution in [-0.2, 0) is 0 Å². The van der Waals surface area contributed by atoms with E-state index in [0.717, 1.165) is 22.8 Å². The lowest BCUT2D eigenvalue weighted by Gasteiger charge is -2.19. The van der Waals surface area contributed by atoms with Crippen molar-refractivity contribution < 1.29 is 13.2 Å². The summed E-state index contributed by atoms with van der Waals surface area (Å²) in [6, 6.07) is 7.13. The summed E-state index contributed by atoms with van der Waals surface area (Å²) in [5.74, 6) is -3.06. The van der Waals surface area contributed by atoms with E-state index in [9.17, 15) is 13.2 Å². The first-order chi connectivity index (χ1) is 9.38. The van der Waals surface area contributed by atoms with Gasteiger partial charge in [-0.25, -0.2) is 13.2 Å². The molecule has 4 heteroatoms. The highest BCUT2D eigenvalue weighted by molar-refractivity contribution is 5.48. The van der Waals surface area contributed by atoms with Crippen LogP contribution in [-0.4, -0.2) is 0 Å². The lowest BCUT2D eigenvalue weighted by molar-refractivity contribution is 0.495. The number of rotatable bonds is 3. The molecule has 106 valence electrons. The van der Waals surface area contributed by atoms with E-state index >= 15 is 0 Å². The molecule has 2 aromatic rings. The summed E-state index contributed by atoms with van der Waals surface area (Å²) in [5.41, 5.74) is 3.09. The molecule has 2 aromatic carbocycles. The van der Waals surface area contributed by atoms with Crippen LogP contribution in [0.4, 0.5) is 18.9 Å². The Bertz CT molecular complexity index is 638. The Hall–Kier alpha value is -1.97. The molecule has 0 aliphatic carbocycles. The Morgan fingerprint density at radius 1 is 0.900 bits per heavy atom. The topological polar surface area (TPSA) is 12.0 Å². The van der Waals surface area contributed by atoms with Gasteiger partial charge in [-0.05, 0) is 31.9 Å². The molecule has 1 unspecified atom stereocenters. The third kappa shape index (κ3) is 2.95. The van der Waals surface area contributed by atoms with Crippen LogP contribution in [0.2, 0.25) is 0 Å². The predicted octanol–water partition coefficient (Wildman–Crippen LogP) is 4.89. The molecule has 0 fully saturated rings. The summed E-state index contributed by atoms with van der Waals surface area (Å²) in [6.45, 7) is 5.77. The van der Waals surface area contributed by atoms with Crippen LogP contribution < -0.4 is 5.32 Å². The van der Waals surface area contributed by atoms with Gasteiger partial charge in [-0.1, -0.05) is 23.8 Å². The molecule has 0 bridgehead atoms. The summed E-state index contributed by atoms with van der Waals surface area (Å²) in [7, 11) is 0. The van der Waals surface area contributed by atoms with Gasteiger partial charge in [0.25, 0.3) is 0 Å². The van der Waals surface area contributed by atoms with Gasteiger partial charge in [-0.2, -0.15) is 0 Å². The van der Waals surface area contributed by atoms with Crippen molar-refractivity contribution in [3.63, 3.8) is 0 Å². The standard InChI is InChI=1S/C16H16F3N/c1-9-4-5-10(2)12(6-9)11(3)20-16-8-14(18)13(17)7-15(16)19/h4-8,11,20H,1-3H3. The van der Waals surface area contributed by atoms with Crippen molar-refractivity contribution >= 4 is 5.69 Å². The van der Waals surface area contributed by atoms with Crippen molar-refractivity contribution in [1.82, 2.24) is 0 Å². The van der Waals surface area contributed by atoms with Crippen LogP contribution in [0.3, 0.4) is 0 Å². The van der Waals surface area contributed by atoms with Gasteiger partial charge in [-0.15, -0.1) is 0 Å². The lowest BCUT2D eigenvalue weighted by Crippen LogP contribution is -2.10. The van der Waals surface area contributed by atoms with E-state index in [1.807, 2.05) is 39.0 Å². The highest BCUT2D eigenvalue weighted by Gasteiger charge is 2.14. The van der Waals surface area contributed by atoms with Crippen molar-refractivity contribution in [2.24, 2.45) is 0 Å². The minimum atomic E-state index is -1.19. The second kappa shape index (κ2) is 5.57. The fraction of sp³-hybridized carbons (Fsp3) is 0.250. The first-order valence-electron chi connectivity index (χ1n) is 6.36. The number of anilines is 1. The number of halogens is 3. The Balaban J connectivity index is 2.30. The maximum atomic E-state index is 13.6. The summed E-state index contributed by atoms with van der Waals surface area (Å²) >= 11 is 0. The minimum Gasteiger partial charge on any atom is -0.376 e. The number of hydrogen-bond acceptors (Lipinski definition) is 1. The van der Waals surface area contributed by atoms with Crippen molar-refractivity contribution in [2.75, 3.05) is 5.32 Å². The summed E-state index contributed by atoms with van der Waals surface area (Å²) in [4.78, 5) is 0. The molecule has 1 nitrogen and oxygen atoms in total. The predicted molar refractivity (Wildman–Crippen MR) is 74.3 cm³/mol. The van der Waals surface area contributed by atoms with Crippen LogP contribution in [0.15, 0.2) is 30.3 Å². The summed E-state index contributed by atoms with van der Waals surface area (Å²) in [6.07, 6.45) is 0.